The number of benzene rings is 1. The molecule has 13 heteroatoms. The van der Waals surface area contributed by atoms with Crippen molar-refractivity contribution in [2.24, 2.45) is 10.9 Å². The number of oxime groups is 1. The molecule has 0 spiro atoms. The lowest BCUT2D eigenvalue weighted by molar-refractivity contribution is 0.0812. The first-order chi connectivity index (χ1) is 18.6. The number of carboxylic acid groups (broad SMARTS) is 1. The van der Waals surface area contributed by atoms with Gasteiger partial charge in [-0.05, 0) is 44.5 Å². The highest BCUT2D eigenvalue weighted by Gasteiger charge is 2.32. The minimum Gasteiger partial charge on any atom is -0.465 e. The summed E-state index contributed by atoms with van der Waals surface area (Å²) in [6.45, 7) is 6.18. The van der Waals surface area contributed by atoms with Crippen molar-refractivity contribution in [3.8, 4) is 11.3 Å². The third-order valence-electron chi connectivity index (χ3n) is 6.81. The number of nitrogens with one attached hydrogen (secondary N) is 1. The van der Waals surface area contributed by atoms with E-state index < -0.39 is 6.09 Å². The molecule has 1 fully saturated rings. The van der Waals surface area contributed by atoms with Gasteiger partial charge >= 0.3 is 6.09 Å². The molecule has 39 heavy (non-hydrogen) atoms. The standard InChI is InChI=1S/C26H26ClN7O5/c1-12-6-17(14(3)30-19-4-5-20(27)31-21(19)25(28)32-38)24-18(7-12)22(35)13(2)23(39-24)15-8-29-34(9-15)16-10-33(11-16)26(36)37/h4-9,14,16,30,38H,10-11H2,1-3H3,(H2,28,32)(H,36,37)/t14-/m1/s1. The lowest BCUT2D eigenvalue weighted by Gasteiger charge is -2.36. The Hall–Kier alpha value is -4.58. The van der Waals surface area contributed by atoms with Gasteiger partial charge in [-0.25, -0.2) is 9.78 Å². The van der Waals surface area contributed by atoms with Gasteiger partial charge in [0.15, 0.2) is 11.3 Å². The van der Waals surface area contributed by atoms with E-state index in [1.807, 2.05) is 19.9 Å². The summed E-state index contributed by atoms with van der Waals surface area (Å²) in [4.78, 5) is 30.1. The summed E-state index contributed by atoms with van der Waals surface area (Å²) in [6.07, 6.45) is 2.41. The molecular weight excluding hydrogens is 526 g/mol. The highest BCUT2D eigenvalue weighted by atomic mass is 35.5. The molecule has 1 saturated heterocycles. The monoisotopic (exact) mass is 551 g/mol. The highest BCUT2D eigenvalue weighted by Crippen LogP contribution is 2.33. The Morgan fingerprint density at radius 2 is 2.05 bits per heavy atom. The number of aryl methyl sites for hydroxylation is 1. The number of nitrogens with zero attached hydrogens (tertiary/aromatic N) is 5. The number of hydrogen-bond acceptors (Lipinski definition) is 8. The van der Waals surface area contributed by atoms with Gasteiger partial charge in [-0.1, -0.05) is 22.8 Å². The second kappa shape index (κ2) is 9.95. The Morgan fingerprint density at radius 3 is 2.74 bits per heavy atom. The van der Waals surface area contributed by atoms with E-state index in [1.54, 1.807) is 42.2 Å². The molecule has 0 unspecified atom stereocenters. The van der Waals surface area contributed by atoms with Crippen LogP contribution in [0.1, 0.15) is 41.4 Å². The Morgan fingerprint density at radius 1 is 1.31 bits per heavy atom. The van der Waals surface area contributed by atoms with E-state index in [-0.39, 0.29) is 34.2 Å². The minimum atomic E-state index is -0.964. The van der Waals surface area contributed by atoms with Crippen LogP contribution in [-0.4, -0.2) is 55.0 Å². The summed E-state index contributed by atoms with van der Waals surface area (Å²) in [5.74, 6) is 0.177. The van der Waals surface area contributed by atoms with Crippen molar-refractivity contribution < 1.29 is 19.5 Å². The van der Waals surface area contributed by atoms with Crippen LogP contribution in [0.25, 0.3) is 22.3 Å². The Kier molecular flexibility index (Phi) is 6.64. The average Bonchev–Trinajstić information content (AvgIpc) is 3.34. The topological polar surface area (TPSA) is 172 Å². The lowest BCUT2D eigenvalue weighted by atomic mass is 9.99. The third kappa shape index (κ3) is 4.74. The molecule has 0 bridgehead atoms. The molecule has 1 aliphatic rings. The molecule has 0 aliphatic carbocycles. The van der Waals surface area contributed by atoms with Crippen molar-refractivity contribution in [2.75, 3.05) is 18.4 Å². The maximum absolute atomic E-state index is 13.5. The number of amidine groups is 1. The molecule has 5 N–H and O–H groups in total. The molecule has 1 amide bonds. The molecule has 1 aromatic carbocycles. The smallest absolute Gasteiger partial charge is 0.407 e. The van der Waals surface area contributed by atoms with Crippen LogP contribution in [0.2, 0.25) is 5.15 Å². The minimum absolute atomic E-state index is 0.0816. The predicted octanol–water partition coefficient (Wildman–Crippen LogP) is 4.12. The fourth-order valence-corrected chi connectivity index (χ4v) is 4.85. The first-order valence-electron chi connectivity index (χ1n) is 12.1. The zero-order valence-corrected chi connectivity index (χ0v) is 22.1. The van der Waals surface area contributed by atoms with Gasteiger partial charge in [0, 0.05) is 30.4 Å². The molecule has 5 rings (SSSR count). The third-order valence-corrected chi connectivity index (χ3v) is 7.02. The number of halogens is 1. The van der Waals surface area contributed by atoms with Gasteiger partial charge in [-0.3, -0.25) is 9.48 Å². The van der Waals surface area contributed by atoms with E-state index in [0.717, 1.165) is 5.56 Å². The van der Waals surface area contributed by atoms with Crippen molar-refractivity contribution in [3.05, 3.63) is 74.4 Å². The van der Waals surface area contributed by atoms with Crippen molar-refractivity contribution in [1.29, 1.82) is 0 Å². The first kappa shape index (κ1) is 26.0. The Balaban J connectivity index is 1.55. The number of fused-ring (bicyclic) bond motifs is 1. The van der Waals surface area contributed by atoms with Crippen molar-refractivity contribution in [1.82, 2.24) is 19.7 Å². The van der Waals surface area contributed by atoms with Gasteiger partial charge in [0.25, 0.3) is 0 Å². The van der Waals surface area contributed by atoms with Gasteiger partial charge in [0.2, 0.25) is 0 Å². The Labute approximate surface area is 227 Å². The Bertz CT molecular complexity index is 1690. The van der Waals surface area contributed by atoms with Crippen LogP contribution >= 0.6 is 11.6 Å². The van der Waals surface area contributed by atoms with E-state index in [0.29, 0.717) is 52.2 Å². The second-order valence-electron chi connectivity index (χ2n) is 9.55. The molecule has 1 aliphatic heterocycles. The summed E-state index contributed by atoms with van der Waals surface area (Å²) in [5, 5.41) is 29.7. The maximum Gasteiger partial charge on any atom is 0.407 e. The van der Waals surface area contributed by atoms with Gasteiger partial charge in [-0.2, -0.15) is 5.10 Å². The van der Waals surface area contributed by atoms with E-state index in [9.17, 15) is 14.8 Å². The first-order valence-corrected chi connectivity index (χ1v) is 12.5. The van der Waals surface area contributed by atoms with Gasteiger partial charge in [0.1, 0.15) is 22.2 Å². The number of amides is 1. The number of rotatable bonds is 6. The summed E-state index contributed by atoms with van der Waals surface area (Å²) in [6, 6.07) is 6.49. The van der Waals surface area contributed by atoms with Crippen LogP contribution < -0.4 is 16.5 Å². The van der Waals surface area contributed by atoms with Crippen molar-refractivity contribution in [3.63, 3.8) is 0 Å². The molecule has 0 saturated carbocycles. The lowest BCUT2D eigenvalue weighted by Crippen LogP contribution is -2.50. The van der Waals surface area contributed by atoms with Crippen LogP contribution in [0.3, 0.4) is 0 Å². The van der Waals surface area contributed by atoms with Gasteiger partial charge in [-0.15, -0.1) is 0 Å². The van der Waals surface area contributed by atoms with E-state index in [1.165, 1.54) is 4.90 Å². The predicted molar refractivity (Wildman–Crippen MR) is 146 cm³/mol. The number of nitrogens with two attached hydrogens (primary N) is 1. The molecule has 202 valence electrons. The molecule has 12 nitrogen and oxygen atoms in total. The summed E-state index contributed by atoms with van der Waals surface area (Å²) < 4.78 is 8.10. The molecule has 4 aromatic rings. The summed E-state index contributed by atoms with van der Waals surface area (Å²) in [7, 11) is 0. The van der Waals surface area contributed by atoms with Crippen LogP contribution in [0.5, 0.6) is 0 Å². The highest BCUT2D eigenvalue weighted by molar-refractivity contribution is 6.29. The van der Waals surface area contributed by atoms with Crippen LogP contribution in [0, 0.1) is 13.8 Å². The SMILES string of the molecule is Cc1cc([C@@H](C)Nc2ccc(Cl)nc2/C(N)=N/O)c2oc(-c3cnn(C4CN(C(=O)O)C4)c3)c(C)c(=O)c2c1. The van der Waals surface area contributed by atoms with E-state index in [4.69, 9.17) is 26.9 Å². The summed E-state index contributed by atoms with van der Waals surface area (Å²) >= 11 is 6.02. The number of aromatic nitrogens is 3. The number of carbonyl (C=O) groups is 1. The van der Waals surface area contributed by atoms with Crippen molar-refractivity contribution in [2.45, 2.75) is 32.9 Å². The average molecular weight is 552 g/mol. The molecule has 1 atom stereocenters. The van der Waals surface area contributed by atoms with E-state index in [2.05, 4.69) is 20.6 Å². The van der Waals surface area contributed by atoms with Crippen molar-refractivity contribution >= 4 is 40.2 Å². The maximum atomic E-state index is 13.5. The van der Waals surface area contributed by atoms with Crippen LogP contribution in [0.15, 0.2) is 51.0 Å². The molecule has 4 heterocycles. The number of anilines is 1. The quantitative estimate of drug-likeness (QED) is 0.0903. The molecule has 3 aromatic heterocycles. The van der Waals surface area contributed by atoms with Gasteiger partial charge < -0.3 is 30.7 Å². The van der Waals surface area contributed by atoms with E-state index >= 15 is 0 Å². The number of hydrogen-bond donors (Lipinski definition) is 4. The fourth-order valence-electron chi connectivity index (χ4n) is 4.70. The normalized spacial score (nSPS) is 14.9. The summed E-state index contributed by atoms with van der Waals surface area (Å²) in [5.41, 5.74) is 9.35. The molecule has 0 radical (unpaired) electrons. The number of likely N-dealkylation sites (tertiary alicyclic amines) is 1. The zero-order valence-electron chi connectivity index (χ0n) is 21.3. The zero-order chi connectivity index (χ0) is 28.0. The van der Waals surface area contributed by atoms with Gasteiger partial charge in [0.05, 0.1) is 34.9 Å². The largest absolute Gasteiger partial charge is 0.465 e. The molecular formula is C26H26ClN7O5. The van der Waals surface area contributed by atoms with Crippen LogP contribution in [-0.2, 0) is 0 Å². The van der Waals surface area contributed by atoms with Crippen LogP contribution in [0.4, 0.5) is 10.5 Å². The number of pyridine rings is 1. The second-order valence-corrected chi connectivity index (χ2v) is 9.94. The fraction of sp³-hybridized carbons (Fsp3) is 0.269.